The number of hydrogen-bond acceptors (Lipinski definition) is 6. The number of thioether (sulfide) groups is 1. The number of hydrogen-bond donors (Lipinski definition) is 2. The Morgan fingerprint density at radius 3 is 2.83 bits per heavy atom. The molecule has 0 saturated heterocycles. The summed E-state index contributed by atoms with van der Waals surface area (Å²) in [5.41, 5.74) is 10.2. The monoisotopic (exact) mass is 424 g/mol. The Hall–Kier alpha value is -2.61. The normalized spacial score (nSPS) is 14.9. The highest BCUT2D eigenvalue weighted by Crippen LogP contribution is 2.30. The second kappa shape index (κ2) is 9.04. The highest BCUT2D eigenvalue weighted by molar-refractivity contribution is 7.99. The van der Waals surface area contributed by atoms with Gasteiger partial charge in [-0.3, -0.25) is 4.79 Å². The van der Waals surface area contributed by atoms with Crippen molar-refractivity contribution in [1.29, 1.82) is 0 Å². The maximum atomic E-state index is 12.7. The van der Waals surface area contributed by atoms with Crippen molar-refractivity contribution in [1.82, 2.24) is 19.6 Å². The lowest BCUT2D eigenvalue weighted by molar-refractivity contribution is -0.115. The van der Waals surface area contributed by atoms with E-state index in [1.165, 1.54) is 37.7 Å². The van der Waals surface area contributed by atoms with Gasteiger partial charge in [0.25, 0.3) is 5.78 Å². The van der Waals surface area contributed by atoms with Crippen LogP contribution in [-0.4, -0.2) is 30.7 Å². The number of nitrogens with zero attached hydrogens (tertiary/aromatic N) is 4. The molecule has 1 saturated carbocycles. The third-order valence-corrected chi connectivity index (χ3v) is 7.09. The summed E-state index contributed by atoms with van der Waals surface area (Å²) in [6, 6.07) is 8.15. The summed E-state index contributed by atoms with van der Waals surface area (Å²) in [5.74, 6) is 1.54. The molecule has 7 nitrogen and oxygen atoms in total. The molecule has 30 heavy (non-hydrogen) atoms. The van der Waals surface area contributed by atoms with Crippen LogP contribution in [0.4, 0.5) is 11.6 Å². The number of nitrogens with one attached hydrogen (secondary N) is 1. The summed E-state index contributed by atoms with van der Waals surface area (Å²) in [7, 11) is 0. The standard InChI is InChI=1S/C22H28N6OS/c1-14-19(15(2)28-22(24-14)26-21(23)27-28)12-20(29)25-17-8-6-7-16(11-17)13-30-18-9-4-3-5-10-18/h6-8,11,18H,3-5,9-10,12-13H2,1-2H3,(H2,23,27)(H,25,29). The highest BCUT2D eigenvalue weighted by Gasteiger charge is 2.16. The molecule has 3 aromatic rings. The Morgan fingerprint density at radius 1 is 1.23 bits per heavy atom. The smallest absolute Gasteiger partial charge is 0.254 e. The first-order valence-electron chi connectivity index (χ1n) is 10.5. The van der Waals surface area contributed by atoms with E-state index in [-0.39, 0.29) is 18.3 Å². The van der Waals surface area contributed by atoms with E-state index in [9.17, 15) is 4.79 Å². The lowest BCUT2D eigenvalue weighted by Gasteiger charge is -2.21. The maximum Gasteiger partial charge on any atom is 0.254 e. The van der Waals surface area contributed by atoms with Crippen LogP contribution in [0.15, 0.2) is 24.3 Å². The summed E-state index contributed by atoms with van der Waals surface area (Å²) in [6.07, 6.45) is 6.97. The summed E-state index contributed by atoms with van der Waals surface area (Å²) < 4.78 is 1.59. The van der Waals surface area contributed by atoms with Crippen molar-refractivity contribution in [2.45, 2.75) is 63.4 Å². The van der Waals surface area contributed by atoms with Crippen LogP contribution in [0.5, 0.6) is 0 Å². The van der Waals surface area contributed by atoms with Crippen LogP contribution >= 0.6 is 11.8 Å². The van der Waals surface area contributed by atoms with Crippen LogP contribution in [0.2, 0.25) is 0 Å². The zero-order chi connectivity index (χ0) is 21.1. The van der Waals surface area contributed by atoms with Gasteiger partial charge in [0.1, 0.15) is 0 Å². The van der Waals surface area contributed by atoms with Crippen molar-refractivity contribution in [3.8, 4) is 0 Å². The number of aromatic nitrogens is 4. The molecule has 0 spiro atoms. The molecule has 2 aromatic heterocycles. The van der Waals surface area contributed by atoms with Gasteiger partial charge < -0.3 is 11.1 Å². The molecule has 8 heteroatoms. The quantitative estimate of drug-likeness (QED) is 0.619. The first-order valence-corrected chi connectivity index (χ1v) is 11.5. The van der Waals surface area contributed by atoms with Gasteiger partial charge in [-0.2, -0.15) is 21.3 Å². The molecule has 1 aromatic carbocycles. The van der Waals surface area contributed by atoms with Gasteiger partial charge in [-0.05, 0) is 44.4 Å². The molecule has 0 aliphatic heterocycles. The minimum atomic E-state index is -0.0764. The second-order valence-corrected chi connectivity index (χ2v) is 9.23. The number of carbonyl (C=O) groups excluding carboxylic acids is 1. The van der Waals surface area contributed by atoms with Crippen molar-refractivity contribution in [2.24, 2.45) is 0 Å². The molecule has 0 bridgehead atoms. The molecule has 158 valence electrons. The number of nitrogen functional groups attached to an aromatic ring is 1. The summed E-state index contributed by atoms with van der Waals surface area (Å²) in [5, 5.41) is 7.97. The number of nitrogens with two attached hydrogens (primary N) is 1. The molecule has 2 heterocycles. The van der Waals surface area contributed by atoms with Gasteiger partial charge in [0, 0.05) is 33.6 Å². The molecule has 1 aliphatic carbocycles. The van der Waals surface area contributed by atoms with Gasteiger partial charge in [0.2, 0.25) is 11.9 Å². The number of aryl methyl sites for hydroxylation is 2. The van der Waals surface area contributed by atoms with Crippen LogP contribution in [-0.2, 0) is 17.0 Å². The van der Waals surface area contributed by atoms with Crippen LogP contribution < -0.4 is 11.1 Å². The molecule has 0 radical (unpaired) electrons. The Labute approximate surface area is 180 Å². The fourth-order valence-corrected chi connectivity index (χ4v) is 5.30. The van der Waals surface area contributed by atoms with E-state index in [1.54, 1.807) is 4.52 Å². The second-order valence-electron chi connectivity index (χ2n) is 7.94. The molecule has 1 amide bonds. The molecule has 1 aliphatic rings. The predicted molar refractivity (Wildman–Crippen MR) is 122 cm³/mol. The van der Waals surface area contributed by atoms with Crippen molar-refractivity contribution in [3.05, 3.63) is 46.8 Å². The fraction of sp³-hybridized carbons (Fsp3) is 0.455. The zero-order valence-electron chi connectivity index (χ0n) is 17.5. The van der Waals surface area contributed by atoms with E-state index in [0.717, 1.165) is 33.6 Å². The van der Waals surface area contributed by atoms with E-state index in [0.29, 0.717) is 5.78 Å². The van der Waals surface area contributed by atoms with Gasteiger partial charge in [0.05, 0.1) is 6.42 Å². The minimum Gasteiger partial charge on any atom is -0.366 e. The topological polar surface area (TPSA) is 98.2 Å². The van der Waals surface area contributed by atoms with Crippen LogP contribution in [0.25, 0.3) is 5.78 Å². The lowest BCUT2D eigenvalue weighted by atomic mass is 10.0. The fourth-order valence-electron chi connectivity index (χ4n) is 4.03. The molecule has 3 N–H and O–H groups in total. The summed E-state index contributed by atoms with van der Waals surface area (Å²) >= 11 is 2.04. The summed E-state index contributed by atoms with van der Waals surface area (Å²) in [4.78, 5) is 21.3. The van der Waals surface area contributed by atoms with Gasteiger partial charge in [-0.1, -0.05) is 31.4 Å². The number of benzene rings is 1. The van der Waals surface area contributed by atoms with Gasteiger partial charge in [-0.25, -0.2) is 4.98 Å². The van der Waals surface area contributed by atoms with E-state index < -0.39 is 0 Å². The van der Waals surface area contributed by atoms with Gasteiger partial charge in [-0.15, -0.1) is 5.10 Å². The van der Waals surface area contributed by atoms with E-state index in [1.807, 2.05) is 37.7 Å². The Morgan fingerprint density at radius 2 is 2.03 bits per heavy atom. The molecular weight excluding hydrogens is 396 g/mol. The van der Waals surface area contributed by atoms with Crippen molar-refractivity contribution >= 4 is 35.1 Å². The molecule has 1 fully saturated rings. The summed E-state index contributed by atoms with van der Waals surface area (Å²) in [6.45, 7) is 3.78. The maximum absolute atomic E-state index is 12.7. The Balaban J connectivity index is 1.41. The first kappa shape index (κ1) is 20.7. The SMILES string of the molecule is Cc1nc2nc(N)nn2c(C)c1CC(=O)Nc1cccc(CSC2CCCCC2)c1. The van der Waals surface area contributed by atoms with Crippen LogP contribution in [0, 0.1) is 13.8 Å². The average molecular weight is 425 g/mol. The number of anilines is 2. The molecule has 0 atom stereocenters. The largest absolute Gasteiger partial charge is 0.366 e. The number of carbonyl (C=O) groups is 1. The van der Waals surface area contributed by atoms with E-state index in [2.05, 4.69) is 32.5 Å². The number of fused-ring (bicyclic) bond motifs is 1. The average Bonchev–Trinajstić information content (AvgIpc) is 3.11. The van der Waals surface area contributed by atoms with E-state index >= 15 is 0 Å². The van der Waals surface area contributed by atoms with Crippen LogP contribution in [0.1, 0.15) is 54.6 Å². The third-order valence-electron chi connectivity index (χ3n) is 5.65. The molecular formula is C22H28N6OS. The van der Waals surface area contributed by atoms with Crippen molar-refractivity contribution in [2.75, 3.05) is 11.1 Å². The van der Waals surface area contributed by atoms with E-state index in [4.69, 9.17) is 5.73 Å². The third kappa shape index (κ3) is 4.75. The number of rotatable bonds is 6. The predicted octanol–water partition coefficient (Wildman–Crippen LogP) is 4.07. The van der Waals surface area contributed by atoms with Crippen molar-refractivity contribution < 1.29 is 4.79 Å². The lowest BCUT2D eigenvalue weighted by Crippen LogP contribution is -2.18. The van der Waals surface area contributed by atoms with Crippen LogP contribution in [0.3, 0.4) is 0 Å². The Kier molecular flexibility index (Phi) is 6.22. The Bertz CT molecular complexity index is 1060. The zero-order valence-corrected chi connectivity index (χ0v) is 18.3. The first-order chi connectivity index (χ1) is 14.5. The van der Waals surface area contributed by atoms with Crippen molar-refractivity contribution in [3.63, 3.8) is 0 Å². The highest BCUT2D eigenvalue weighted by atomic mass is 32.2. The number of amides is 1. The minimum absolute atomic E-state index is 0.0764. The molecule has 4 rings (SSSR count). The van der Waals surface area contributed by atoms with Gasteiger partial charge >= 0.3 is 0 Å². The molecule has 0 unspecified atom stereocenters. The van der Waals surface area contributed by atoms with Gasteiger partial charge in [0.15, 0.2) is 0 Å².